The standard InChI is InChI=1S/C25H19N7O4/c33-31(34)22-8-4-20(5-9-22)16-27-12-14-29(18-27)24-2-1-3-25(26-24)30-15-13-28(19-30)17-21-6-10-23(11-7-21)32(35)36/h1-15H,16-17H2. The third kappa shape index (κ3) is 5.09. The molecule has 0 atom stereocenters. The number of nitrogens with zero attached hydrogens (tertiary/aromatic N) is 7. The second kappa shape index (κ2) is 9.74. The predicted octanol–water partition coefficient (Wildman–Crippen LogP) is 4.48. The Hall–Kier alpha value is -4.93. The van der Waals surface area contributed by atoms with Gasteiger partial charge in [0.2, 0.25) is 13.3 Å². The highest BCUT2D eigenvalue weighted by molar-refractivity contribution is 5.55. The summed E-state index contributed by atoms with van der Waals surface area (Å²) in [6.07, 6.45) is 7.39. The topological polar surface area (TPSA) is 112 Å². The van der Waals surface area contributed by atoms with Crippen LogP contribution in [0.15, 0.2) is 91.5 Å². The summed E-state index contributed by atoms with van der Waals surface area (Å²) in [6, 6.07) is 18.5. The molecule has 2 aromatic carbocycles. The summed E-state index contributed by atoms with van der Waals surface area (Å²) in [7, 11) is 0. The molecule has 36 heavy (non-hydrogen) atoms. The number of anilines is 2. The Bertz CT molecular complexity index is 1230. The van der Waals surface area contributed by atoms with Gasteiger partial charge in [-0.1, -0.05) is 30.3 Å². The fourth-order valence-electron chi connectivity index (χ4n) is 3.66. The third-order valence-corrected chi connectivity index (χ3v) is 5.48. The van der Waals surface area contributed by atoms with Gasteiger partial charge >= 0.3 is 0 Å². The molecule has 2 aliphatic rings. The smallest absolute Gasteiger partial charge is 0.269 e. The number of nitro groups is 2. The van der Waals surface area contributed by atoms with Gasteiger partial charge in [-0.3, -0.25) is 30.0 Å². The van der Waals surface area contributed by atoms with Crippen LogP contribution in [0.4, 0.5) is 23.0 Å². The molecule has 0 fully saturated rings. The molecule has 3 heterocycles. The van der Waals surface area contributed by atoms with Crippen molar-refractivity contribution < 1.29 is 9.85 Å². The van der Waals surface area contributed by atoms with Gasteiger partial charge in [-0.15, -0.1) is 0 Å². The minimum atomic E-state index is -0.419. The number of hydrogen-bond donors (Lipinski definition) is 0. The van der Waals surface area contributed by atoms with Crippen LogP contribution >= 0.6 is 0 Å². The lowest BCUT2D eigenvalue weighted by atomic mass is 10.2. The molecule has 0 saturated heterocycles. The maximum Gasteiger partial charge on any atom is 0.269 e. The first-order valence-corrected chi connectivity index (χ1v) is 10.9. The van der Waals surface area contributed by atoms with Crippen LogP contribution in [0.2, 0.25) is 0 Å². The number of aromatic nitrogens is 1. The van der Waals surface area contributed by atoms with Gasteiger partial charge in [0.15, 0.2) is 0 Å². The van der Waals surface area contributed by atoms with Crippen molar-refractivity contribution in [3.63, 3.8) is 0 Å². The molecule has 0 N–H and O–H groups in total. The molecule has 0 bridgehead atoms. The molecule has 0 spiro atoms. The maximum atomic E-state index is 10.8. The third-order valence-electron chi connectivity index (χ3n) is 5.48. The van der Waals surface area contributed by atoms with Crippen molar-refractivity contribution in [2.75, 3.05) is 9.80 Å². The van der Waals surface area contributed by atoms with Crippen molar-refractivity contribution in [1.29, 1.82) is 0 Å². The summed E-state index contributed by atoms with van der Waals surface area (Å²) in [5.41, 5.74) is 1.95. The van der Waals surface area contributed by atoms with Crippen molar-refractivity contribution in [3.05, 3.63) is 136 Å². The molecule has 1 aromatic heterocycles. The summed E-state index contributed by atoms with van der Waals surface area (Å²) in [4.78, 5) is 32.8. The Labute approximate surface area is 207 Å². The molecule has 2 aliphatic heterocycles. The molecule has 11 nitrogen and oxygen atoms in total. The molecular weight excluding hydrogens is 462 g/mol. The molecule has 0 amide bonds. The van der Waals surface area contributed by atoms with Crippen LogP contribution in [0.1, 0.15) is 11.1 Å². The minimum absolute atomic E-state index is 0.0576. The van der Waals surface area contributed by atoms with Gasteiger partial charge in [0.25, 0.3) is 11.4 Å². The first-order chi connectivity index (χ1) is 17.4. The fraction of sp³-hybridized carbons (Fsp3) is 0.0800. The van der Waals surface area contributed by atoms with Crippen LogP contribution in [-0.2, 0) is 13.1 Å². The Balaban J connectivity index is 1.17. The SMILES string of the molecule is O=[N+]([O-])c1ccc(CN2[C]N(c3cccc(N4[C]N(Cc5ccc([N+](=O)[O-])cc5)C=C4)n3)C=C2)cc1. The summed E-state index contributed by atoms with van der Waals surface area (Å²) in [5.74, 6) is 1.33. The predicted molar refractivity (Wildman–Crippen MR) is 131 cm³/mol. The highest BCUT2D eigenvalue weighted by Gasteiger charge is 2.21. The lowest BCUT2D eigenvalue weighted by molar-refractivity contribution is -0.385. The lowest BCUT2D eigenvalue weighted by Gasteiger charge is -2.21. The van der Waals surface area contributed by atoms with E-state index < -0.39 is 9.85 Å². The van der Waals surface area contributed by atoms with E-state index in [4.69, 9.17) is 4.98 Å². The first-order valence-electron chi connectivity index (χ1n) is 10.9. The van der Waals surface area contributed by atoms with Crippen molar-refractivity contribution in [2.45, 2.75) is 13.1 Å². The van der Waals surface area contributed by atoms with Crippen molar-refractivity contribution in [1.82, 2.24) is 14.8 Å². The van der Waals surface area contributed by atoms with Crippen molar-refractivity contribution in [3.8, 4) is 0 Å². The molecule has 0 aliphatic carbocycles. The van der Waals surface area contributed by atoms with Crippen LogP contribution < -0.4 is 9.80 Å². The monoisotopic (exact) mass is 481 g/mol. The number of benzene rings is 2. The molecule has 178 valence electrons. The molecular formula is C25H19N7O4. The Morgan fingerprint density at radius 2 is 1.06 bits per heavy atom. The van der Waals surface area contributed by atoms with Gasteiger partial charge < -0.3 is 9.80 Å². The second-order valence-electron chi connectivity index (χ2n) is 7.99. The van der Waals surface area contributed by atoms with Gasteiger partial charge in [0, 0.05) is 62.2 Å². The largest absolute Gasteiger partial charge is 0.342 e. The number of rotatable bonds is 8. The highest BCUT2D eigenvalue weighted by Crippen LogP contribution is 2.27. The van der Waals surface area contributed by atoms with Crippen LogP contribution in [0, 0.1) is 33.6 Å². The average molecular weight is 481 g/mol. The average Bonchev–Trinajstić information content (AvgIpc) is 3.55. The van der Waals surface area contributed by atoms with Crippen LogP contribution in [0.3, 0.4) is 0 Å². The fourth-order valence-corrected chi connectivity index (χ4v) is 3.66. The van der Waals surface area contributed by atoms with E-state index in [0.29, 0.717) is 24.7 Å². The molecule has 4 radical (unpaired) electrons. The van der Waals surface area contributed by atoms with Crippen LogP contribution in [0.5, 0.6) is 0 Å². The zero-order valence-electron chi connectivity index (χ0n) is 18.8. The van der Waals surface area contributed by atoms with E-state index in [1.54, 1.807) is 34.1 Å². The number of hydrogen-bond acceptors (Lipinski definition) is 9. The van der Waals surface area contributed by atoms with Gasteiger partial charge in [0.1, 0.15) is 11.6 Å². The number of nitro benzene ring substituents is 2. The first kappa shape index (κ1) is 22.8. The van der Waals surface area contributed by atoms with E-state index in [9.17, 15) is 20.2 Å². The van der Waals surface area contributed by atoms with Crippen molar-refractivity contribution in [2.24, 2.45) is 0 Å². The van der Waals surface area contributed by atoms with Gasteiger partial charge in [-0.2, -0.15) is 0 Å². The molecule has 0 unspecified atom stereocenters. The Kier molecular flexibility index (Phi) is 6.18. The van der Waals surface area contributed by atoms with Gasteiger partial charge in [0.05, 0.1) is 9.85 Å². The maximum absolute atomic E-state index is 10.8. The van der Waals surface area contributed by atoms with E-state index in [-0.39, 0.29) is 11.4 Å². The van der Waals surface area contributed by atoms with E-state index in [1.807, 2.05) is 52.8 Å². The zero-order valence-corrected chi connectivity index (χ0v) is 18.8. The summed E-state index contributed by atoms with van der Waals surface area (Å²) >= 11 is 0. The minimum Gasteiger partial charge on any atom is -0.342 e. The molecule has 5 rings (SSSR count). The van der Waals surface area contributed by atoms with Crippen LogP contribution in [0.25, 0.3) is 0 Å². The summed E-state index contributed by atoms with van der Waals surface area (Å²) in [6.45, 7) is 7.44. The second-order valence-corrected chi connectivity index (χ2v) is 7.99. The quantitative estimate of drug-likeness (QED) is 0.339. The van der Waals surface area contributed by atoms with Crippen molar-refractivity contribution >= 4 is 23.0 Å². The Morgan fingerprint density at radius 1 is 0.639 bits per heavy atom. The Morgan fingerprint density at radius 3 is 1.44 bits per heavy atom. The summed E-state index contributed by atoms with van der Waals surface area (Å²) < 4.78 is 0. The highest BCUT2D eigenvalue weighted by atomic mass is 16.6. The normalized spacial score (nSPS) is 14.7. The van der Waals surface area contributed by atoms with Gasteiger partial charge in [-0.25, -0.2) is 4.98 Å². The molecule has 0 saturated carbocycles. The molecule has 11 heteroatoms. The lowest BCUT2D eigenvalue weighted by Crippen LogP contribution is -2.21. The summed E-state index contributed by atoms with van der Waals surface area (Å²) in [5, 5.41) is 21.7. The van der Waals surface area contributed by atoms with Crippen LogP contribution in [-0.4, -0.2) is 24.6 Å². The van der Waals surface area contributed by atoms with E-state index >= 15 is 0 Å². The van der Waals surface area contributed by atoms with E-state index in [1.165, 1.54) is 24.3 Å². The number of pyridine rings is 1. The zero-order chi connectivity index (χ0) is 25.1. The van der Waals surface area contributed by atoms with Gasteiger partial charge in [-0.05, 0) is 23.3 Å². The molecule has 3 aromatic rings. The number of non-ortho nitro benzene ring substituents is 2. The van der Waals surface area contributed by atoms with E-state index in [2.05, 4.69) is 13.3 Å². The van der Waals surface area contributed by atoms with E-state index in [0.717, 1.165) is 11.1 Å².